The second kappa shape index (κ2) is 8.48. The van der Waals surface area contributed by atoms with Crippen LogP contribution < -0.4 is 10.1 Å². The van der Waals surface area contributed by atoms with Gasteiger partial charge < -0.3 is 10.1 Å². The first-order chi connectivity index (χ1) is 11.5. The lowest BCUT2D eigenvalue weighted by atomic mass is 10.0. The number of nitrogens with one attached hydrogen (secondary N) is 1. The van der Waals surface area contributed by atoms with Gasteiger partial charge >= 0.3 is 0 Å². The zero-order chi connectivity index (χ0) is 17.5. The third-order valence-corrected chi connectivity index (χ3v) is 3.84. The molecule has 1 atom stereocenters. The number of benzene rings is 2. The molecule has 24 heavy (non-hydrogen) atoms. The Labute approximate surface area is 142 Å². The fourth-order valence-electron chi connectivity index (χ4n) is 2.43. The summed E-state index contributed by atoms with van der Waals surface area (Å²) >= 11 is 0. The van der Waals surface area contributed by atoms with E-state index in [9.17, 15) is 9.18 Å². The first kappa shape index (κ1) is 18.0. The van der Waals surface area contributed by atoms with Crippen molar-refractivity contribution in [2.45, 2.75) is 39.2 Å². The van der Waals surface area contributed by atoms with Crippen molar-refractivity contribution in [1.29, 1.82) is 0 Å². The van der Waals surface area contributed by atoms with Crippen LogP contribution in [-0.4, -0.2) is 18.6 Å². The molecule has 0 fully saturated rings. The molecule has 0 aliphatic carbocycles. The van der Waals surface area contributed by atoms with Crippen LogP contribution in [0.5, 0.6) is 5.75 Å². The normalized spacial score (nSPS) is 12.0. The third-order valence-electron chi connectivity index (χ3n) is 3.84. The van der Waals surface area contributed by atoms with Crippen molar-refractivity contribution in [2.75, 3.05) is 6.54 Å². The molecule has 0 aliphatic heterocycles. The van der Waals surface area contributed by atoms with Crippen molar-refractivity contribution in [2.24, 2.45) is 0 Å². The minimum Gasteiger partial charge on any atom is -0.481 e. The van der Waals surface area contributed by atoms with Gasteiger partial charge in [-0.1, -0.05) is 44.2 Å². The minimum absolute atomic E-state index is 0.157. The molecule has 0 unspecified atom stereocenters. The van der Waals surface area contributed by atoms with E-state index in [1.54, 1.807) is 19.1 Å². The monoisotopic (exact) mass is 329 g/mol. The molecule has 0 radical (unpaired) electrons. The number of amides is 1. The lowest BCUT2D eigenvalue weighted by Crippen LogP contribution is -2.37. The first-order valence-corrected chi connectivity index (χ1v) is 8.25. The Morgan fingerprint density at radius 1 is 1.08 bits per heavy atom. The van der Waals surface area contributed by atoms with Gasteiger partial charge in [0, 0.05) is 6.54 Å². The van der Waals surface area contributed by atoms with Gasteiger partial charge in [0.25, 0.3) is 5.91 Å². The summed E-state index contributed by atoms with van der Waals surface area (Å²) in [6.07, 6.45) is 0.0829. The summed E-state index contributed by atoms with van der Waals surface area (Å²) < 4.78 is 18.7. The van der Waals surface area contributed by atoms with E-state index in [0.29, 0.717) is 18.9 Å². The Balaban J connectivity index is 1.85. The first-order valence-electron chi connectivity index (χ1n) is 8.25. The smallest absolute Gasteiger partial charge is 0.260 e. The van der Waals surface area contributed by atoms with Crippen LogP contribution in [0.1, 0.15) is 37.8 Å². The van der Waals surface area contributed by atoms with Gasteiger partial charge in [-0.2, -0.15) is 0 Å². The fourth-order valence-corrected chi connectivity index (χ4v) is 2.43. The summed E-state index contributed by atoms with van der Waals surface area (Å²) in [5.41, 5.74) is 2.07. The van der Waals surface area contributed by atoms with Crippen LogP contribution in [0.25, 0.3) is 0 Å². The standard InChI is InChI=1S/C20H24FNO2/c1-14(2)18-6-4-5-7-19(18)24-15(3)20(23)22-13-12-16-8-10-17(21)11-9-16/h4-11,14-15H,12-13H2,1-3H3,(H,22,23)/t15-/m1/s1. The average molecular weight is 329 g/mol. The molecular weight excluding hydrogens is 305 g/mol. The number of hydrogen-bond acceptors (Lipinski definition) is 2. The van der Waals surface area contributed by atoms with Gasteiger partial charge in [0.05, 0.1) is 0 Å². The summed E-state index contributed by atoms with van der Waals surface area (Å²) in [5, 5.41) is 2.86. The molecule has 0 aliphatic rings. The molecule has 1 amide bonds. The van der Waals surface area contributed by atoms with Crippen LogP contribution in [0.4, 0.5) is 4.39 Å². The van der Waals surface area contributed by atoms with Crippen molar-refractivity contribution in [1.82, 2.24) is 5.32 Å². The molecule has 3 nitrogen and oxygen atoms in total. The molecule has 0 heterocycles. The molecule has 1 N–H and O–H groups in total. The Morgan fingerprint density at radius 2 is 1.75 bits per heavy atom. The van der Waals surface area contributed by atoms with E-state index in [1.165, 1.54) is 12.1 Å². The van der Waals surface area contributed by atoms with Gasteiger partial charge in [-0.15, -0.1) is 0 Å². The maximum absolute atomic E-state index is 12.9. The molecule has 0 bridgehead atoms. The van der Waals surface area contributed by atoms with E-state index >= 15 is 0 Å². The molecule has 2 aromatic rings. The van der Waals surface area contributed by atoms with Gasteiger partial charge in [-0.3, -0.25) is 4.79 Å². The topological polar surface area (TPSA) is 38.3 Å². The van der Waals surface area contributed by atoms with Gasteiger partial charge in [0.1, 0.15) is 11.6 Å². The van der Waals surface area contributed by atoms with Crippen LogP contribution >= 0.6 is 0 Å². The minimum atomic E-state index is -0.571. The van der Waals surface area contributed by atoms with E-state index in [2.05, 4.69) is 19.2 Å². The van der Waals surface area contributed by atoms with Crippen LogP contribution in [0.3, 0.4) is 0 Å². The second-order valence-corrected chi connectivity index (χ2v) is 6.12. The number of para-hydroxylation sites is 1. The molecule has 0 spiro atoms. The van der Waals surface area contributed by atoms with Crippen LogP contribution in [-0.2, 0) is 11.2 Å². The summed E-state index contributed by atoms with van der Waals surface area (Å²) in [7, 11) is 0. The molecule has 2 aromatic carbocycles. The molecule has 4 heteroatoms. The van der Waals surface area contributed by atoms with Crippen molar-refractivity contribution in [3.8, 4) is 5.75 Å². The van der Waals surface area contributed by atoms with Gasteiger partial charge in [-0.25, -0.2) is 4.39 Å². The summed E-state index contributed by atoms with van der Waals surface area (Å²) in [5.74, 6) is 0.660. The summed E-state index contributed by atoms with van der Waals surface area (Å²) in [4.78, 5) is 12.2. The highest BCUT2D eigenvalue weighted by Gasteiger charge is 2.16. The maximum atomic E-state index is 12.9. The van der Waals surface area contributed by atoms with Gasteiger partial charge in [-0.05, 0) is 48.6 Å². The highest BCUT2D eigenvalue weighted by atomic mass is 19.1. The Kier molecular flexibility index (Phi) is 6.36. The lowest BCUT2D eigenvalue weighted by molar-refractivity contribution is -0.127. The van der Waals surface area contributed by atoms with Crippen molar-refractivity contribution in [3.05, 3.63) is 65.5 Å². The van der Waals surface area contributed by atoms with Crippen molar-refractivity contribution < 1.29 is 13.9 Å². The molecular formula is C20H24FNO2. The number of ether oxygens (including phenoxy) is 1. The molecule has 0 aromatic heterocycles. The Hall–Kier alpha value is -2.36. The predicted octanol–water partition coefficient (Wildman–Crippen LogP) is 4.08. The van der Waals surface area contributed by atoms with Crippen LogP contribution in [0.2, 0.25) is 0 Å². The maximum Gasteiger partial charge on any atom is 0.260 e. The predicted molar refractivity (Wildman–Crippen MR) is 93.7 cm³/mol. The lowest BCUT2D eigenvalue weighted by Gasteiger charge is -2.18. The SMILES string of the molecule is CC(C)c1ccccc1O[C@H](C)C(=O)NCCc1ccc(F)cc1. The number of rotatable bonds is 7. The van der Waals surface area contributed by atoms with Crippen molar-refractivity contribution in [3.63, 3.8) is 0 Å². The Morgan fingerprint density at radius 3 is 2.42 bits per heavy atom. The quantitative estimate of drug-likeness (QED) is 0.831. The molecule has 2 rings (SSSR count). The fraction of sp³-hybridized carbons (Fsp3) is 0.350. The van der Waals surface area contributed by atoms with E-state index in [4.69, 9.17) is 4.74 Å². The Bertz CT molecular complexity index is 668. The van der Waals surface area contributed by atoms with Gasteiger partial charge in [0.2, 0.25) is 0 Å². The van der Waals surface area contributed by atoms with Crippen LogP contribution in [0.15, 0.2) is 48.5 Å². The average Bonchev–Trinajstić information content (AvgIpc) is 2.56. The third kappa shape index (κ3) is 5.08. The largest absolute Gasteiger partial charge is 0.481 e. The summed E-state index contributed by atoms with van der Waals surface area (Å²) in [6, 6.07) is 14.1. The number of halogens is 1. The van der Waals surface area contributed by atoms with Gasteiger partial charge in [0.15, 0.2) is 6.10 Å². The molecule has 128 valence electrons. The zero-order valence-corrected chi connectivity index (χ0v) is 14.4. The number of carbonyl (C=O) groups excluding carboxylic acids is 1. The number of hydrogen-bond donors (Lipinski definition) is 1. The van der Waals surface area contributed by atoms with E-state index in [1.807, 2.05) is 24.3 Å². The highest BCUT2D eigenvalue weighted by molar-refractivity contribution is 5.80. The second-order valence-electron chi connectivity index (χ2n) is 6.12. The van der Waals surface area contributed by atoms with Crippen LogP contribution in [0, 0.1) is 5.82 Å². The van der Waals surface area contributed by atoms with E-state index in [-0.39, 0.29) is 11.7 Å². The van der Waals surface area contributed by atoms with Crippen molar-refractivity contribution >= 4 is 5.91 Å². The highest BCUT2D eigenvalue weighted by Crippen LogP contribution is 2.26. The number of carbonyl (C=O) groups is 1. The van der Waals surface area contributed by atoms with E-state index < -0.39 is 6.10 Å². The molecule has 0 saturated heterocycles. The van der Waals surface area contributed by atoms with E-state index in [0.717, 1.165) is 16.9 Å². The molecule has 0 saturated carbocycles. The summed E-state index contributed by atoms with van der Waals surface area (Å²) in [6.45, 7) is 6.42. The zero-order valence-electron chi connectivity index (χ0n) is 14.4.